The van der Waals surface area contributed by atoms with Gasteiger partial charge in [0.2, 0.25) is 5.82 Å². The Balaban J connectivity index is 2.63. The van der Waals surface area contributed by atoms with E-state index in [1.165, 1.54) is 6.33 Å². The summed E-state index contributed by atoms with van der Waals surface area (Å²) in [6.45, 7) is 4.98. The first-order valence-corrected chi connectivity index (χ1v) is 5.93. The molecule has 2 aromatic heterocycles. The zero-order valence-electron chi connectivity index (χ0n) is 10.7. The summed E-state index contributed by atoms with van der Waals surface area (Å²) < 4.78 is 1.80. The highest BCUT2D eigenvalue weighted by Crippen LogP contribution is 2.31. The number of imidazole rings is 1. The topological polar surface area (TPSA) is 98.8 Å². The van der Waals surface area contributed by atoms with Gasteiger partial charge in [-0.25, -0.2) is 15.0 Å². The van der Waals surface area contributed by atoms with Crippen molar-refractivity contribution in [3.8, 4) is 11.5 Å². The van der Waals surface area contributed by atoms with E-state index in [2.05, 4.69) is 20.3 Å². The number of nitrogens with zero attached hydrogens (tertiary/aromatic N) is 5. The van der Waals surface area contributed by atoms with Gasteiger partial charge in [0.05, 0.1) is 4.92 Å². The molecule has 0 aliphatic heterocycles. The van der Waals surface area contributed by atoms with E-state index in [-0.39, 0.29) is 17.2 Å². The standard InChI is InChI=1S/C11H14N6O2/c1-3-12-10-9(17(18)19)8(14-7-15-10)11-13-5-6-16(11)4-2/h5-7H,3-4H2,1-2H3,(H,12,14,15). The Bertz CT molecular complexity index is 595. The van der Waals surface area contributed by atoms with Crippen molar-refractivity contribution in [1.82, 2.24) is 19.5 Å². The molecule has 0 bridgehead atoms. The van der Waals surface area contributed by atoms with E-state index in [9.17, 15) is 10.1 Å². The molecule has 2 heterocycles. The molecule has 19 heavy (non-hydrogen) atoms. The smallest absolute Gasteiger partial charge is 0.340 e. The molecule has 2 rings (SSSR count). The summed E-state index contributed by atoms with van der Waals surface area (Å²) in [5.74, 6) is 0.680. The zero-order valence-corrected chi connectivity index (χ0v) is 10.7. The first-order chi connectivity index (χ1) is 9.19. The summed E-state index contributed by atoms with van der Waals surface area (Å²) >= 11 is 0. The molecular formula is C11H14N6O2. The fourth-order valence-electron chi connectivity index (χ4n) is 1.79. The van der Waals surface area contributed by atoms with Crippen LogP contribution in [-0.4, -0.2) is 31.0 Å². The molecule has 0 aromatic carbocycles. The molecule has 0 spiro atoms. The lowest BCUT2D eigenvalue weighted by molar-refractivity contribution is -0.383. The van der Waals surface area contributed by atoms with Crippen LogP contribution in [0.5, 0.6) is 0 Å². The van der Waals surface area contributed by atoms with Gasteiger partial charge in [-0.1, -0.05) is 0 Å². The minimum Gasteiger partial charge on any atom is -0.364 e. The molecule has 0 saturated carbocycles. The molecule has 0 aliphatic carbocycles. The Morgan fingerprint density at radius 2 is 2.16 bits per heavy atom. The van der Waals surface area contributed by atoms with Gasteiger partial charge in [-0.15, -0.1) is 0 Å². The van der Waals surface area contributed by atoms with Crippen LogP contribution >= 0.6 is 0 Å². The van der Waals surface area contributed by atoms with Crippen LogP contribution in [0.1, 0.15) is 13.8 Å². The first kappa shape index (κ1) is 12.9. The molecule has 0 radical (unpaired) electrons. The summed E-state index contributed by atoms with van der Waals surface area (Å²) in [6, 6.07) is 0. The van der Waals surface area contributed by atoms with Crippen LogP contribution in [0, 0.1) is 10.1 Å². The molecule has 0 amide bonds. The number of nitrogens with one attached hydrogen (secondary N) is 1. The van der Waals surface area contributed by atoms with Crippen LogP contribution in [-0.2, 0) is 6.54 Å². The molecule has 8 nitrogen and oxygen atoms in total. The minimum absolute atomic E-state index is 0.148. The van der Waals surface area contributed by atoms with E-state index in [1.807, 2.05) is 13.8 Å². The molecule has 1 N–H and O–H groups in total. The summed E-state index contributed by atoms with van der Waals surface area (Å²) in [5, 5.41) is 14.1. The molecule has 0 aliphatic rings. The number of anilines is 1. The van der Waals surface area contributed by atoms with Gasteiger partial charge in [0.1, 0.15) is 6.33 Å². The lowest BCUT2D eigenvalue weighted by atomic mass is 10.3. The number of hydrogen-bond donors (Lipinski definition) is 1. The maximum Gasteiger partial charge on any atom is 0.340 e. The van der Waals surface area contributed by atoms with Gasteiger partial charge >= 0.3 is 5.69 Å². The maximum absolute atomic E-state index is 11.3. The lowest BCUT2D eigenvalue weighted by Gasteiger charge is -2.07. The number of hydrogen-bond acceptors (Lipinski definition) is 6. The Labute approximate surface area is 109 Å². The number of aryl methyl sites for hydroxylation is 1. The second-order valence-corrected chi connectivity index (χ2v) is 3.74. The van der Waals surface area contributed by atoms with Gasteiger partial charge in [-0.05, 0) is 13.8 Å². The largest absolute Gasteiger partial charge is 0.364 e. The predicted molar refractivity (Wildman–Crippen MR) is 69.7 cm³/mol. The highest BCUT2D eigenvalue weighted by atomic mass is 16.6. The minimum atomic E-state index is -0.484. The Morgan fingerprint density at radius 3 is 2.79 bits per heavy atom. The van der Waals surface area contributed by atoms with Crippen molar-refractivity contribution in [1.29, 1.82) is 0 Å². The monoisotopic (exact) mass is 262 g/mol. The summed E-state index contributed by atoms with van der Waals surface area (Å²) in [7, 11) is 0. The Hall–Kier alpha value is -2.51. The van der Waals surface area contributed by atoms with E-state index < -0.39 is 4.92 Å². The third-order valence-electron chi connectivity index (χ3n) is 2.62. The molecule has 0 atom stereocenters. The van der Waals surface area contributed by atoms with Crippen LogP contribution in [0.3, 0.4) is 0 Å². The highest BCUT2D eigenvalue weighted by molar-refractivity contribution is 5.73. The summed E-state index contributed by atoms with van der Waals surface area (Å²) in [4.78, 5) is 22.9. The van der Waals surface area contributed by atoms with Crippen LogP contribution in [0.25, 0.3) is 11.5 Å². The fraction of sp³-hybridized carbons (Fsp3) is 0.364. The SMILES string of the molecule is CCNc1ncnc(-c2nccn2CC)c1[N+](=O)[O-]. The van der Waals surface area contributed by atoms with Gasteiger partial charge in [0.25, 0.3) is 0 Å². The summed E-state index contributed by atoms with van der Waals surface area (Å²) in [6.07, 6.45) is 4.65. The molecule has 0 fully saturated rings. The third-order valence-corrected chi connectivity index (χ3v) is 2.62. The highest BCUT2D eigenvalue weighted by Gasteiger charge is 2.26. The fourth-order valence-corrected chi connectivity index (χ4v) is 1.79. The van der Waals surface area contributed by atoms with Crippen molar-refractivity contribution in [3.63, 3.8) is 0 Å². The molecule has 0 saturated heterocycles. The van der Waals surface area contributed by atoms with E-state index in [1.54, 1.807) is 17.0 Å². The molecule has 0 unspecified atom stereocenters. The van der Waals surface area contributed by atoms with Gasteiger partial charge in [-0.3, -0.25) is 10.1 Å². The second-order valence-electron chi connectivity index (χ2n) is 3.74. The van der Waals surface area contributed by atoms with Gasteiger partial charge < -0.3 is 9.88 Å². The molecule has 8 heteroatoms. The first-order valence-electron chi connectivity index (χ1n) is 5.93. The van der Waals surface area contributed by atoms with Crippen molar-refractivity contribution in [2.24, 2.45) is 0 Å². The number of aromatic nitrogens is 4. The van der Waals surface area contributed by atoms with Crippen molar-refractivity contribution >= 4 is 11.5 Å². The quantitative estimate of drug-likeness (QED) is 0.650. The molecule has 100 valence electrons. The van der Waals surface area contributed by atoms with E-state index in [0.717, 1.165) is 0 Å². The Kier molecular flexibility index (Phi) is 3.69. The van der Waals surface area contributed by atoms with E-state index in [4.69, 9.17) is 0 Å². The predicted octanol–water partition coefficient (Wildman–Crippen LogP) is 1.70. The second kappa shape index (κ2) is 5.42. The molecular weight excluding hydrogens is 248 g/mol. The van der Waals surface area contributed by atoms with Gasteiger partial charge in [0, 0.05) is 25.5 Å². The van der Waals surface area contributed by atoms with Gasteiger partial charge in [0.15, 0.2) is 11.5 Å². The van der Waals surface area contributed by atoms with Crippen molar-refractivity contribution in [3.05, 3.63) is 28.8 Å². The van der Waals surface area contributed by atoms with Crippen LogP contribution in [0.2, 0.25) is 0 Å². The molecule has 2 aromatic rings. The van der Waals surface area contributed by atoms with Crippen molar-refractivity contribution < 1.29 is 4.92 Å². The van der Waals surface area contributed by atoms with E-state index in [0.29, 0.717) is 18.9 Å². The summed E-state index contributed by atoms with van der Waals surface area (Å²) in [5.41, 5.74) is 0.0769. The van der Waals surface area contributed by atoms with Crippen molar-refractivity contribution in [2.45, 2.75) is 20.4 Å². The number of nitro groups is 1. The third kappa shape index (κ3) is 2.37. The number of rotatable bonds is 5. The Morgan fingerprint density at radius 1 is 1.37 bits per heavy atom. The maximum atomic E-state index is 11.3. The normalized spacial score (nSPS) is 10.4. The van der Waals surface area contributed by atoms with Crippen molar-refractivity contribution in [2.75, 3.05) is 11.9 Å². The average Bonchev–Trinajstić information content (AvgIpc) is 2.86. The van der Waals surface area contributed by atoms with Crippen LogP contribution < -0.4 is 5.32 Å². The zero-order chi connectivity index (χ0) is 13.8. The average molecular weight is 262 g/mol. The lowest BCUT2D eigenvalue weighted by Crippen LogP contribution is -2.08. The van der Waals surface area contributed by atoms with Crippen LogP contribution in [0.15, 0.2) is 18.7 Å². The van der Waals surface area contributed by atoms with E-state index >= 15 is 0 Å². The van der Waals surface area contributed by atoms with Gasteiger partial charge in [-0.2, -0.15) is 0 Å². The van der Waals surface area contributed by atoms with Crippen LogP contribution in [0.4, 0.5) is 11.5 Å².